The summed E-state index contributed by atoms with van der Waals surface area (Å²) < 4.78 is 36.9. The number of carbonyl (C=O) groups excluding carboxylic acids is 1. The van der Waals surface area contributed by atoms with Crippen LogP contribution >= 0.6 is 0 Å². The van der Waals surface area contributed by atoms with E-state index in [1.165, 1.54) is 13.0 Å². The summed E-state index contributed by atoms with van der Waals surface area (Å²) in [6, 6.07) is 6.30. The number of ether oxygens (including phenoxy) is 1. The zero-order valence-corrected chi connectivity index (χ0v) is 10.00. The molecule has 0 aliphatic rings. The van der Waals surface area contributed by atoms with Crippen molar-refractivity contribution in [2.45, 2.75) is 19.8 Å². The van der Waals surface area contributed by atoms with Crippen LogP contribution in [0.2, 0.25) is 0 Å². The van der Waals surface area contributed by atoms with E-state index in [9.17, 15) is 13.6 Å². The first-order valence-corrected chi connectivity index (χ1v) is 5.51. The van der Waals surface area contributed by atoms with Gasteiger partial charge in [0, 0.05) is 5.39 Å². The summed E-state index contributed by atoms with van der Waals surface area (Å²) in [5.41, 5.74) is 1.09. The zero-order valence-electron chi connectivity index (χ0n) is 10.00. The molecule has 0 aliphatic heterocycles. The molecule has 5 heteroatoms. The largest absolute Gasteiger partial charge is 0.461 e. The second kappa shape index (κ2) is 4.40. The quantitative estimate of drug-likeness (QED) is 0.788. The first kappa shape index (κ1) is 12.5. The Morgan fingerprint density at radius 3 is 2.78 bits per heavy atom. The van der Waals surface area contributed by atoms with Crippen molar-refractivity contribution in [3.05, 3.63) is 35.6 Å². The average Bonchev–Trinajstić information content (AvgIpc) is 2.75. The lowest BCUT2D eigenvalue weighted by molar-refractivity contribution is -0.175. The first-order valence-electron chi connectivity index (χ1n) is 5.51. The number of rotatable bonds is 3. The Balaban J connectivity index is 2.48. The molecule has 1 aromatic heterocycles. The number of hydrogen-bond donors (Lipinski definition) is 0. The van der Waals surface area contributed by atoms with Gasteiger partial charge in [0.2, 0.25) is 0 Å². The maximum absolute atomic E-state index is 13.7. The standard InChI is InChI=1S/C13H12F2O3/c1-3-17-12(16)13(14,15)10-7-9-6-4-5-8(2)11(9)18-10/h4-7H,3H2,1-2H3. The highest BCUT2D eigenvalue weighted by Crippen LogP contribution is 2.34. The maximum Gasteiger partial charge on any atom is 0.399 e. The third kappa shape index (κ3) is 1.96. The Labute approximate surface area is 102 Å². The van der Waals surface area contributed by atoms with Crippen LogP contribution in [0.1, 0.15) is 18.2 Å². The number of halogens is 2. The SMILES string of the molecule is CCOC(=O)C(F)(F)c1cc2cccc(C)c2o1. The molecule has 3 nitrogen and oxygen atoms in total. The first-order chi connectivity index (χ1) is 8.46. The minimum atomic E-state index is -3.76. The van der Waals surface area contributed by atoms with Crippen molar-refractivity contribution in [2.24, 2.45) is 0 Å². The molecule has 96 valence electrons. The molecule has 2 rings (SSSR count). The summed E-state index contributed by atoms with van der Waals surface area (Å²) >= 11 is 0. The number of furan rings is 1. The van der Waals surface area contributed by atoms with Gasteiger partial charge in [0.15, 0.2) is 5.76 Å². The summed E-state index contributed by atoms with van der Waals surface area (Å²) in [5.74, 6) is -6.05. The van der Waals surface area contributed by atoms with Crippen LogP contribution in [0.3, 0.4) is 0 Å². The van der Waals surface area contributed by atoms with Gasteiger partial charge in [-0.1, -0.05) is 18.2 Å². The number of carbonyl (C=O) groups is 1. The summed E-state index contributed by atoms with van der Waals surface area (Å²) in [4.78, 5) is 11.2. The Morgan fingerprint density at radius 2 is 2.17 bits per heavy atom. The molecule has 18 heavy (non-hydrogen) atoms. The lowest BCUT2D eigenvalue weighted by atomic mass is 10.1. The fourth-order valence-electron chi connectivity index (χ4n) is 1.69. The van der Waals surface area contributed by atoms with E-state index in [-0.39, 0.29) is 6.61 Å². The van der Waals surface area contributed by atoms with Gasteiger partial charge in [0.25, 0.3) is 0 Å². The highest BCUT2D eigenvalue weighted by atomic mass is 19.3. The molecule has 0 N–H and O–H groups in total. The van der Waals surface area contributed by atoms with Gasteiger partial charge in [-0.15, -0.1) is 0 Å². The van der Waals surface area contributed by atoms with Crippen LogP contribution < -0.4 is 0 Å². The van der Waals surface area contributed by atoms with Gasteiger partial charge in [-0.25, -0.2) is 4.79 Å². The van der Waals surface area contributed by atoms with Crippen molar-refractivity contribution in [3.8, 4) is 0 Å². The van der Waals surface area contributed by atoms with Crippen LogP contribution in [0.25, 0.3) is 11.0 Å². The third-order valence-corrected chi connectivity index (χ3v) is 2.58. The third-order valence-electron chi connectivity index (χ3n) is 2.58. The van der Waals surface area contributed by atoms with Gasteiger partial charge in [-0.3, -0.25) is 0 Å². The molecule has 0 atom stereocenters. The molecule has 0 saturated carbocycles. The topological polar surface area (TPSA) is 39.4 Å². The highest BCUT2D eigenvalue weighted by molar-refractivity contribution is 5.84. The molecule has 0 unspecified atom stereocenters. The van der Waals surface area contributed by atoms with E-state index in [0.29, 0.717) is 11.0 Å². The Morgan fingerprint density at radius 1 is 1.44 bits per heavy atom. The van der Waals surface area contributed by atoms with Crippen molar-refractivity contribution >= 4 is 16.9 Å². The number of aryl methyl sites for hydroxylation is 1. The van der Waals surface area contributed by atoms with Crippen LogP contribution in [0, 0.1) is 6.92 Å². The van der Waals surface area contributed by atoms with Crippen molar-refractivity contribution in [1.29, 1.82) is 0 Å². The van der Waals surface area contributed by atoms with Crippen LogP contribution in [-0.2, 0) is 15.5 Å². The molecule has 0 spiro atoms. The maximum atomic E-state index is 13.7. The van der Waals surface area contributed by atoms with Gasteiger partial charge >= 0.3 is 11.9 Å². The van der Waals surface area contributed by atoms with E-state index in [0.717, 1.165) is 5.56 Å². The molecule has 0 aliphatic carbocycles. The molecule has 0 saturated heterocycles. The molecular formula is C13H12F2O3. The summed E-state index contributed by atoms with van der Waals surface area (Å²) in [6.45, 7) is 3.11. The predicted octanol–water partition coefficient (Wildman–Crippen LogP) is 3.40. The number of fused-ring (bicyclic) bond motifs is 1. The van der Waals surface area contributed by atoms with Gasteiger partial charge in [-0.05, 0) is 25.5 Å². The van der Waals surface area contributed by atoms with E-state index >= 15 is 0 Å². The Kier molecular flexibility index (Phi) is 3.07. The molecule has 0 radical (unpaired) electrons. The van der Waals surface area contributed by atoms with Gasteiger partial charge < -0.3 is 9.15 Å². The fourth-order valence-corrected chi connectivity index (χ4v) is 1.69. The zero-order chi connectivity index (χ0) is 13.3. The summed E-state index contributed by atoms with van der Waals surface area (Å²) in [5, 5.41) is 0.536. The lowest BCUT2D eigenvalue weighted by Gasteiger charge is -2.11. The molecule has 2 aromatic rings. The number of benzene rings is 1. The van der Waals surface area contributed by atoms with Crippen LogP contribution in [0.15, 0.2) is 28.7 Å². The number of hydrogen-bond acceptors (Lipinski definition) is 3. The van der Waals surface area contributed by atoms with E-state index in [4.69, 9.17) is 4.42 Å². The van der Waals surface area contributed by atoms with E-state index in [1.807, 2.05) is 0 Å². The van der Waals surface area contributed by atoms with Crippen molar-refractivity contribution in [2.75, 3.05) is 6.61 Å². The summed E-state index contributed by atoms with van der Waals surface area (Å²) in [6.07, 6.45) is 0. The fraction of sp³-hybridized carbons (Fsp3) is 0.308. The van der Waals surface area contributed by atoms with Gasteiger partial charge in [0.05, 0.1) is 6.61 Å². The van der Waals surface area contributed by atoms with Crippen molar-refractivity contribution in [3.63, 3.8) is 0 Å². The van der Waals surface area contributed by atoms with Gasteiger partial charge in [0.1, 0.15) is 5.58 Å². The minimum Gasteiger partial charge on any atom is -0.461 e. The second-order valence-corrected chi connectivity index (χ2v) is 3.90. The van der Waals surface area contributed by atoms with Crippen LogP contribution in [-0.4, -0.2) is 12.6 Å². The van der Waals surface area contributed by atoms with Crippen LogP contribution in [0.5, 0.6) is 0 Å². The highest BCUT2D eigenvalue weighted by Gasteiger charge is 2.46. The van der Waals surface area contributed by atoms with E-state index in [1.54, 1.807) is 25.1 Å². The monoisotopic (exact) mass is 254 g/mol. The number of alkyl halides is 2. The molecule has 0 fully saturated rings. The van der Waals surface area contributed by atoms with Crippen LogP contribution in [0.4, 0.5) is 8.78 Å². The summed E-state index contributed by atoms with van der Waals surface area (Å²) in [7, 11) is 0. The van der Waals surface area contributed by atoms with Crippen molar-refractivity contribution < 1.29 is 22.7 Å². The average molecular weight is 254 g/mol. The van der Waals surface area contributed by atoms with Crippen molar-refractivity contribution in [1.82, 2.24) is 0 Å². The number of esters is 1. The Bertz CT molecular complexity index is 587. The molecule has 0 amide bonds. The number of para-hydroxylation sites is 1. The normalized spacial score (nSPS) is 11.8. The molecule has 1 aromatic carbocycles. The van der Waals surface area contributed by atoms with E-state index < -0.39 is 17.7 Å². The Hall–Kier alpha value is -1.91. The minimum absolute atomic E-state index is 0.103. The second-order valence-electron chi connectivity index (χ2n) is 3.90. The van der Waals surface area contributed by atoms with Gasteiger partial charge in [-0.2, -0.15) is 8.78 Å². The predicted molar refractivity (Wildman–Crippen MR) is 61.5 cm³/mol. The molecular weight excluding hydrogens is 242 g/mol. The smallest absolute Gasteiger partial charge is 0.399 e. The lowest BCUT2D eigenvalue weighted by Crippen LogP contribution is -2.27. The van der Waals surface area contributed by atoms with E-state index in [2.05, 4.69) is 4.74 Å². The molecule has 1 heterocycles. The molecule has 0 bridgehead atoms.